The van der Waals surface area contributed by atoms with Crippen molar-refractivity contribution in [1.29, 1.82) is 0 Å². The number of carbonyl (C=O) groups is 2. The molecule has 0 unspecified atom stereocenters. The van der Waals surface area contributed by atoms with Gasteiger partial charge < -0.3 is 10.2 Å². The van der Waals surface area contributed by atoms with Gasteiger partial charge in [0, 0.05) is 18.7 Å². The summed E-state index contributed by atoms with van der Waals surface area (Å²) in [6.07, 6.45) is 1.40. The number of aromatic carboxylic acids is 2. The maximum Gasteiger partial charge on any atom is 0.355 e. The Kier molecular flexibility index (Phi) is 3.80. The van der Waals surface area contributed by atoms with Crippen molar-refractivity contribution in [3.8, 4) is 0 Å². The predicted octanol–water partition coefficient (Wildman–Crippen LogP) is 1.49. The van der Waals surface area contributed by atoms with Gasteiger partial charge in [0.25, 0.3) is 0 Å². The van der Waals surface area contributed by atoms with E-state index in [0.29, 0.717) is 12.1 Å². The number of carboxylic acids is 2. The lowest BCUT2D eigenvalue weighted by molar-refractivity contribution is -0.689. The predicted molar refractivity (Wildman–Crippen MR) is 71.2 cm³/mol. The molecule has 0 atom stereocenters. The number of hydrogen-bond acceptors (Lipinski definition) is 4. The highest BCUT2D eigenvalue weighted by atomic mass is 32.1. The Morgan fingerprint density at radius 2 is 2.00 bits per heavy atom. The molecule has 0 aromatic carbocycles. The monoisotopic (exact) mass is 293 g/mol. The molecular formula is C13H13N2O4S+. The molecule has 0 fully saturated rings. The van der Waals surface area contributed by atoms with Crippen molar-refractivity contribution in [3.63, 3.8) is 0 Å². The van der Waals surface area contributed by atoms with Gasteiger partial charge in [-0.15, -0.1) is 0 Å². The van der Waals surface area contributed by atoms with Gasteiger partial charge in [-0.05, 0) is 13.0 Å². The van der Waals surface area contributed by atoms with Crippen LogP contribution in [0.2, 0.25) is 0 Å². The first-order valence-corrected chi connectivity index (χ1v) is 6.67. The second kappa shape index (κ2) is 5.38. The Labute approximate surface area is 119 Å². The summed E-state index contributed by atoms with van der Waals surface area (Å²) in [5, 5.41) is 18.0. The summed E-state index contributed by atoms with van der Waals surface area (Å²) >= 11 is 1.60. The molecule has 2 heterocycles. The van der Waals surface area contributed by atoms with E-state index in [1.165, 1.54) is 17.1 Å². The van der Waals surface area contributed by atoms with Gasteiger partial charge in [-0.3, -0.25) is 0 Å². The fourth-order valence-electron chi connectivity index (χ4n) is 1.79. The van der Waals surface area contributed by atoms with Crippen molar-refractivity contribution < 1.29 is 24.4 Å². The first-order valence-electron chi connectivity index (χ1n) is 5.79. The van der Waals surface area contributed by atoms with Crippen LogP contribution in [0.3, 0.4) is 0 Å². The van der Waals surface area contributed by atoms with Gasteiger partial charge in [0.15, 0.2) is 17.9 Å². The van der Waals surface area contributed by atoms with Gasteiger partial charge in [-0.1, -0.05) is 11.3 Å². The van der Waals surface area contributed by atoms with Crippen molar-refractivity contribution in [1.82, 2.24) is 4.98 Å². The first-order chi connectivity index (χ1) is 9.40. The average molecular weight is 293 g/mol. The lowest BCUT2D eigenvalue weighted by Crippen LogP contribution is -2.35. The molecule has 2 rings (SSSR count). The summed E-state index contributed by atoms with van der Waals surface area (Å²) in [5.41, 5.74) is 2.95. The number of carboxylic acid groups (broad SMARTS) is 2. The summed E-state index contributed by atoms with van der Waals surface area (Å²) in [7, 11) is 0. The molecule has 0 aliphatic carbocycles. The number of aryl methyl sites for hydroxylation is 1. The van der Waals surface area contributed by atoms with E-state index >= 15 is 0 Å². The zero-order valence-corrected chi connectivity index (χ0v) is 11.8. The van der Waals surface area contributed by atoms with Gasteiger partial charge in [-0.25, -0.2) is 14.6 Å². The standard InChI is InChI=1S/C13H12N2O4S/c1-7-8(2)20-6-15(7)5-9-3-10(12(16)17)11(13(18)19)14-4-9/h3-4,6H,5H2,1-2H3,(H-,16,17,18,19)/p+1. The fourth-order valence-corrected chi connectivity index (χ4v) is 2.60. The summed E-state index contributed by atoms with van der Waals surface area (Å²) in [6.45, 7) is 4.44. The molecule has 20 heavy (non-hydrogen) atoms. The quantitative estimate of drug-likeness (QED) is 0.833. The Balaban J connectivity index is 2.39. The minimum atomic E-state index is -1.34. The number of nitrogens with zero attached hydrogens (tertiary/aromatic N) is 2. The summed E-state index contributed by atoms with van der Waals surface area (Å²) in [6, 6.07) is 1.36. The van der Waals surface area contributed by atoms with Gasteiger partial charge in [0.05, 0.1) is 10.4 Å². The van der Waals surface area contributed by atoms with Crippen LogP contribution in [0.5, 0.6) is 0 Å². The highest BCUT2D eigenvalue weighted by Crippen LogP contribution is 2.12. The summed E-state index contributed by atoms with van der Waals surface area (Å²) < 4.78 is 1.98. The van der Waals surface area contributed by atoms with E-state index < -0.39 is 17.6 Å². The molecule has 0 aliphatic rings. The molecule has 2 aromatic rings. The molecule has 0 saturated carbocycles. The van der Waals surface area contributed by atoms with Crippen LogP contribution in [-0.2, 0) is 6.54 Å². The van der Waals surface area contributed by atoms with Gasteiger partial charge in [0.2, 0.25) is 5.51 Å². The Morgan fingerprint density at radius 3 is 2.50 bits per heavy atom. The third-order valence-electron chi connectivity index (χ3n) is 3.03. The van der Waals surface area contributed by atoms with Gasteiger partial charge >= 0.3 is 11.9 Å². The molecule has 2 aromatic heterocycles. The number of pyridine rings is 1. The van der Waals surface area contributed by atoms with Crippen molar-refractivity contribution in [2.45, 2.75) is 20.4 Å². The van der Waals surface area contributed by atoms with E-state index in [-0.39, 0.29) is 5.56 Å². The normalized spacial score (nSPS) is 10.5. The number of aromatic nitrogens is 2. The zero-order valence-electron chi connectivity index (χ0n) is 11.0. The SMILES string of the molecule is Cc1sc[n+](Cc2cnc(C(=O)O)c(C(=O)O)c2)c1C. The Bertz CT molecular complexity index is 694. The second-order valence-corrected chi connectivity index (χ2v) is 5.40. The fraction of sp³-hybridized carbons (Fsp3) is 0.231. The lowest BCUT2D eigenvalue weighted by Gasteiger charge is -2.03. The minimum absolute atomic E-state index is 0.291. The molecule has 0 spiro atoms. The molecule has 104 valence electrons. The Morgan fingerprint density at radius 1 is 1.30 bits per heavy atom. The van der Waals surface area contributed by atoms with E-state index in [2.05, 4.69) is 4.98 Å². The van der Waals surface area contributed by atoms with Gasteiger partial charge in [-0.2, -0.15) is 4.57 Å². The van der Waals surface area contributed by atoms with Crippen molar-refractivity contribution in [3.05, 3.63) is 45.2 Å². The minimum Gasteiger partial charge on any atom is -0.478 e. The molecule has 7 heteroatoms. The second-order valence-electron chi connectivity index (χ2n) is 4.34. The topological polar surface area (TPSA) is 91.4 Å². The zero-order chi connectivity index (χ0) is 14.9. The number of rotatable bonds is 4. The summed E-state index contributed by atoms with van der Waals surface area (Å²) in [5.74, 6) is -2.64. The van der Waals surface area contributed by atoms with Crippen LogP contribution in [0.4, 0.5) is 0 Å². The number of thiazole rings is 1. The molecule has 0 amide bonds. The maximum atomic E-state index is 11.1. The van der Waals surface area contributed by atoms with E-state index in [1.807, 2.05) is 23.9 Å². The Hall–Kier alpha value is -2.28. The highest BCUT2D eigenvalue weighted by Gasteiger charge is 2.20. The van der Waals surface area contributed by atoms with Gasteiger partial charge in [0.1, 0.15) is 0 Å². The van der Waals surface area contributed by atoms with Crippen molar-refractivity contribution in [2.75, 3.05) is 0 Å². The summed E-state index contributed by atoms with van der Waals surface area (Å²) in [4.78, 5) is 26.9. The first kappa shape index (κ1) is 14.1. The molecule has 0 radical (unpaired) electrons. The largest absolute Gasteiger partial charge is 0.478 e. The smallest absolute Gasteiger partial charge is 0.355 e. The van der Waals surface area contributed by atoms with E-state index in [1.54, 1.807) is 11.3 Å². The third-order valence-corrected chi connectivity index (χ3v) is 4.04. The van der Waals surface area contributed by atoms with Crippen LogP contribution in [0.25, 0.3) is 0 Å². The number of hydrogen-bond donors (Lipinski definition) is 2. The van der Waals surface area contributed by atoms with Crippen molar-refractivity contribution in [2.24, 2.45) is 0 Å². The molecule has 0 bridgehead atoms. The molecule has 2 N–H and O–H groups in total. The average Bonchev–Trinajstić information content (AvgIpc) is 2.70. The molecule has 0 aliphatic heterocycles. The van der Waals surface area contributed by atoms with Crippen LogP contribution in [0.15, 0.2) is 17.8 Å². The van der Waals surface area contributed by atoms with Crippen LogP contribution >= 0.6 is 11.3 Å². The molecular weight excluding hydrogens is 280 g/mol. The van der Waals surface area contributed by atoms with E-state index in [9.17, 15) is 9.59 Å². The van der Waals surface area contributed by atoms with Crippen LogP contribution < -0.4 is 4.57 Å². The lowest BCUT2D eigenvalue weighted by atomic mass is 10.1. The van der Waals surface area contributed by atoms with Crippen LogP contribution in [0.1, 0.15) is 37.0 Å². The molecule has 6 nitrogen and oxygen atoms in total. The van der Waals surface area contributed by atoms with E-state index in [0.717, 1.165) is 5.69 Å². The van der Waals surface area contributed by atoms with Crippen LogP contribution in [-0.4, -0.2) is 27.1 Å². The van der Waals surface area contributed by atoms with Crippen LogP contribution in [0, 0.1) is 13.8 Å². The van der Waals surface area contributed by atoms with E-state index in [4.69, 9.17) is 10.2 Å². The third kappa shape index (κ3) is 2.67. The van der Waals surface area contributed by atoms with Crippen molar-refractivity contribution >= 4 is 23.3 Å². The molecule has 0 saturated heterocycles. The maximum absolute atomic E-state index is 11.1. The highest BCUT2D eigenvalue weighted by molar-refractivity contribution is 7.09.